The van der Waals surface area contributed by atoms with E-state index < -0.39 is 0 Å². The summed E-state index contributed by atoms with van der Waals surface area (Å²) in [6.07, 6.45) is 0.730. The summed E-state index contributed by atoms with van der Waals surface area (Å²) >= 11 is 0. The summed E-state index contributed by atoms with van der Waals surface area (Å²) in [6, 6.07) is 6.83. The van der Waals surface area contributed by atoms with Gasteiger partial charge >= 0.3 is 0 Å². The zero-order chi connectivity index (χ0) is 10.3. The summed E-state index contributed by atoms with van der Waals surface area (Å²) in [7, 11) is 2.12. The van der Waals surface area contributed by atoms with Gasteiger partial charge in [-0.1, -0.05) is 12.1 Å². The Morgan fingerprint density at radius 1 is 1.50 bits per heavy atom. The second-order valence-corrected chi connectivity index (χ2v) is 4.23. The van der Waals surface area contributed by atoms with Crippen molar-refractivity contribution in [2.24, 2.45) is 0 Å². The molecule has 1 N–H and O–H groups in total. The third-order valence-electron chi connectivity index (χ3n) is 3.14. The van der Waals surface area contributed by atoms with Gasteiger partial charge in [0.15, 0.2) is 0 Å². The second-order valence-electron chi connectivity index (χ2n) is 4.23. The van der Waals surface area contributed by atoms with Crippen molar-refractivity contribution in [3.63, 3.8) is 0 Å². The Morgan fingerprint density at radius 2 is 2.21 bits per heavy atom. The highest BCUT2D eigenvalue weighted by atomic mass is 16.3. The van der Waals surface area contributed by atoms with Crippen LogP contribution in [0.15, 0.2) is 18.2 Å². The van der Waals surface area contributed by atoms with Crippen LogP contribution in [0.5, 0.6) is 0 Å². The number of aliphatic hydroxyl groups is 1. The lowest BCUT2D eigenvalue weighted by Crippen LogP contribution is -2.23. The molecule has 1 aromatic carbocycles. The highest BCUT2D eigenvalue weighted by molar-refractivity contribution is 5.59. The smallest absolute Gasteiger partial charge is 0.0762 e. The van der Waals surface area contributed by atoms with E-state index in [4.69, 9.17) is 0 Å². The SMILES string of the molecule is CC(O)c1ccc2c(c1)CC(C)N2C. The van der Waals surface area contributed by atoms with E-state index in [0.29, 0.717) is 6.04 Å². The largest absolute Gasteiger partial charge is 0.389 e. The van der Waals surface area contributed by atoms with Crippen LogP contribution in [0.4, 0.5) is 5.69 Å². The standard InChI is InChI=1S/C12H17NO/c1-8-6-11-7-10(9(2)14)4-5-12(11)13(8)3/h4-5,7-9,14H,6H2,1-3H3. The summed E-state index contributed by atoms with van der Waals surface area (Å²) < 4.78 is 0. The molecule has 0 saturated carbocycles. The minimum Gasteiger partial charge on any atom is -0.389 e. The molecule has 2 heteroatoms. The summed E-state index contributed by atoms with van der Waals surface area (Å²) in [6.45, 7) is 4.03. The minimum atomic E-state index is -0.360. The van der Waals surface area contributed by atoms with Crippen LogP contribution in [-0.2, 0) is 6.42 Å². The third-order valence-corrected chi connectivity index (χ3v) is 3.14. The van der Waals surface area contributed by atoms with Gasteiger partial charge in [0.2, 0.25) is 0 Å². The van der Waals surface area contributed by atoms with Crippen LogP contribution < -0.4 is 4.90 Å². The van der Waals surface area contributed by atoms with Crippen LogP contribution in [0, 0.1) is 0 Å². The van der Waals surface area contributed by atoms with Gasteiger partial charge in [-0.15, -0.1) is 0 Å². The molecule has 0 amide bonds. The first-order valence-corrected chi connectivity index (χ1v) is 5.13. The maximum Gasteiger partial charge on any atom is 0.0762 e. The van der Waals surface area contributed by atoms with Crippen LogP contribution in [-0.4, -0.2) is 18.2 Å². The highest BCUT2D eigenvalue weighted by Crippen LogP contribution is 2.32. The molecule has 2 nitrogen and oxygen atoms in total. The van der Waals surface area contributed by atoms with E-state index in [1.807, 2.05) is 13.0 Å². The van der Waals surface area contributed by atoms with Crippen LogP contribution >= 0.6 is 0 Å². The molecule has 2 atom stereocenters. The van der Waals surface area contributed by atoms with Gasteiger partial charge in [0, 0.05) is 18.8 Å². The monoisotopic (exact) mass is 191 g/mol. The Balaban J connectivity index is 2.39. The summed E-state index contributed by atoms with van der Waals surface area (Å²) in [4.78, 5) is 2.29. The maximum absolute atomic E-state index is 9.47. The van der Waals surface area contributed by atoms with Gasteiger partial charge in [0.05, 0.1) is 6.10 Å². The fourth-order valence-corrected chi connectivity index (χ4v) is 2.07. The van der Waals surface area contributed by atoms with E-state index in [0.717, 1.165) is 12.0 Å². The van der Waals surface area contributed by atoms with Gasteiger partial charge in [0.1, 0.15) is 0 Å². The molecule has 0 spiro atoms. The average Bonchev–Trinajstić information content (AvgIpc) is 2.42. The molecule has 14 heavy (non-hydrogen) atoms. The average molecular weight is 191 g/mol. The topological polar surface area (TPSA) is 23.5 Å². The van der Waals surface area contributed by atoms with E-state index in [-0.39, 0.29) is 6.10 Å². The molecule has 0 bridgehead atoms. The molecular formula is C12H17NO. The molecular weight excluding hydrogens is 174 g/mol. The number of anilines is 1. The number of rotatable bonds is 1. The molecule has 0 radical (unpaired) electrons. The van der Waals surface area contributed by atoms with Crippen LogP contribution in [0.1, 0.15) is 31.1 Å². The van der Waals surface area contributed by atoms with Gasteiger partial charge in [-0.25, -0.2) is 0 Å². The van der Waals surface area contributed by atoms with E-state index in [2.05, 4.69) is 31.0 Å². The molecule has 1 aliphatic heterocycles. The van der Waals surface area contributed by atoms with Gasteiger partial charge < -0.3 is 10.0 Å². The summed E-state index contributed by atoms with van der Waals surface area (Å²) in [5, 5.41) is 9.47. The fraction of sp³-hybridized carbons (Fsp3) is 0.500. The molecule has 1 heterocycles. The number of nitrogens with zero attached hydrogens (tertiary/aromatic N) is 1. The maximum atomic E-state index is 9.47. The van der Waals surface area contributed by atoms with Gasteiger partial charge in [0.25, 0.3) is 0 Å². The van der Waals surface area contributed by atoms with Gasteiger partial charge in [-0.2, -0.15) is 0 Å². The van der Waals surface area contributed by atoms with Gasteiger partial charge in [-0.05, 0) is 37.5 Å². The second kappa shape index (κ2) is 3.28. The molecule has 0 saturated heterocycles. The first-order chi connectivity index (χ1) is 6.59. The van der Waals surface area contributed by atoms with Gasteiger partial charge in [-0.3, -0.25) is 0 Å². The summed E-state index contributed by atoms with van der Waals surface area (Å²) in [5.74, 6) is 0. The number of hydrogen-bond donors (Lipinski definition) is 1. The molecule has 0 fully saturated rings. The first kappa shape index (κ1) is 9.53. The van der Waals surface area contributed by atoms with E-state index in [9.17, 15) is 5.11 Å². The predicted molar refractivity (Wildman–Crippen MR) is 58.6 cm³/mol. The van der Waals surface area contributed by atoms with E-state index >= 15 is 0 Å². The Bertz CT molecular complexity index is 346. The van der Waals surface area contributed by atoms with E-state index in [1.165, 1.54) is 11.3 Å². The molecule has 2 rings (SSSR count). The number of likely N-dealkylation sites (N-methyl/N-ethyl adjacent to an activating group) is 1. The van der Waals surface area contributed by atoms with Crippen molar-refractivity contribution in [1.82, 2.24) is 0 Å². The van der Waals surface area contributed by atoms with Crippen molar-refractivity contribution < 1.29 is 5.11 Å². The van der Waals surface area contributed by atoms with Crippen molar-refractivity contribution in [3.05, 3.63) is 29.3 Å². The van der Waals surface area contributed by atoms with Crippen molar-refractivity contribution in [2.75, 3.05) is 11.9 Å². The highest BCUT2D eigenvalue weighted by Gasteiger charge is 2.22. The predicted octanol–water partition coefficient (Wildman–Crippen LogP) is 2.12. The fourth-order valence-electron chi connectivity index (χ4n) is 2.07. The number of aliphatic hydroxyl groups excluding tert-OH is 1. The first-order valence-electron chi connectivity index (χ1n) is 5.13. The molecule has 1 aliphatic rings. The quantitative estimate of drug-likeness (QED) is 0.735. The lowest BCUT2D eigenvalue weighted by atomic mass is 10.0. The molecule has 0 aromatic heterocycles. The number of fused-ring (bicyclic) bond motifs is 1. The van der Waals surface area contributed by atoms with E-state index in [1.54, 1.807) is 0 Å². The Labute approximate surface area is 85.2 Å². The zero-order valence-corrected chi connectivity index (χ0v) is 8.99. The lowest BCUT2D eigenvalue weighted by Gasteiger charge is -2.18. The lowest BCUT2D eigenvalue weighted by molar-refractivity contribution is 0.199. The molecule has 76 valence electrons. The van der Waals surface area contributed by atoms with Crippen molar-refractivity contribution in [3.8, 4) is 0 Å². The Hall–Kier alpha value is -1.02. The number of hydrogen-bond acceptors (Lipinski definition) is 2. The molecule has 1 aromatic rings. The summed E-state index contributed by atoms with van der Waals surface area (Å²) in [5.41, 5.74) is 3.69. The zero-order valence-electron chi connectivity index (χ0n) is 8.99. The Morgan fingerprint density at radius 3 is 2.86 bits per heavy atom. The normalized spacial score (nSPS) is 22.3. The van der Waals surface area contributed by atoms with Crippen molar-refractivity contribution in [2.45, 2.75) is 32.4 Å². The molecule has 0 aliphatic carbocycles. The Kier molecular flexibility index (Phi) is 2.23. The van der Waals surface area contributed by atoms with Crippen LogP contribution in [0.2, 0.25) is 0 Å². The molecule has 2 unspecified atom stereocenters. The van der Waals surface area contributed by atoms with Crippen LogP contribution in [0.3, 0.4) is 0 Å². The minimum absolute atomic E-state index is 0.360. The van der Waals surface area contributed by atoms with Crippen molar-refractivity contribution >= 4 is 5.69 Å². The number of benzene rings is 1. The van der Waals surface area contributed by atoms with Crippen LogP contribution in [0.25, 0.3) is 0 Å². The third kappa shape index (κ3) is 1.40. The van der Waals surface area contributed by atoms with Crippen molar-refractivity contribution in [1.29, 1.82) is 0 Å².